The molecule has 22 heavy (non-hydrogen) atoms. The molecule has 0 bridgehead atoms. The predicted molar refractivity (Wildman–Crippen MR) is 85.4 cm³/mol. The van der Waals surface area contributed by atoms with E-state index >= 15 is 0 Å². The summed E-state index contributed by atoms with van der Waals surface area (Å²) in [7, 11) is 1.62. The van der Waals surface area contributed by atoms with Crippen LogP contribution in [0.5, 0.6) is 0 Å². The van der Waals surface area contributed by atoms with Crippen LogP contribution in [0.4, 0.5) is 0 Å². The number of hydrogen-bond acceptors (Lipinski definition) is 4. The van der Waals surface area contributed by atoms with E-state index < -0.39 is 6.10 Å². The SMILES string of the molecule is CNC(=O)CC1CC(O)C(CO)N1CCCc1ccccc1. The summed E-state index contributed by atoms with van der Waals surface area (Å²) in [5.74, 6) is -0.0242. The van der Waals surface area contributed by atoms with Gasteiger partial charge in [-0.3, -0.25) is 9.69 Å². The molecule has 1 fully saturated rings. The fourth-order valence-corrected chi connectivity index (χ4v) is 3.27. The zero-order valence-electron chi connectivity index (χ0n) is 13.1. The monoisotopic (exact) mass is 306 g/mol. The Morgan fingerprint density at radius 1 is 1.36 bits per heavy atom. The number of nitrogens with one attached hydrogen (secondary N) is 1. The van der Waals surface area contributed by atoms with E-state index in [1.807, 2.05) is 18.2 Å². The van der Waals surface area contributed by atoms with Gasteiger partial charge in [-0.25, -0.2) is 0 Å². The van der Waals surface area contributed by atoms with Crippen LogP contribution in [-0.4, -0.2) is 59.4 Å². The van der Waals surface area contributed by atoms with Crippen LogP contribution in [-0.2, 0) is 11.2 Å². The van der Waals surface area contributed by atoms with Crippen molar-refractivity contribution < 1.29 is 15.0 Å². The topological polar surface area (TPSA) is 72.8 Å². The molecule has 122 valence electrons. The molecule has 1 aromatic carbocycles. The Balaban J connectivity index is 1.92. The second-order valence-corrected chi connectivity index (χ2v) is 5.91. The Morgan fingerprint density at radius 3 is 2.73 bits per heavy atom. The molecular formula is C17H26N2O3. The van der Waals surface area contributed by atoms with Crippen molar-refractivity contribution in [1.82, 2.24) is 10.2 Å². The number of aliphatic hydroxyl groups excluding tert-OH is 2. The standard InChI is InChI=1S/C17H26N2O3/c1-18-17(22)11-14-10-16(21)15(12-20)19(14)9-5-8-13-6-3-2-4-7-13/h2-4,6-7,14-16,20-21H,5,8-12H2,1H3,(H,18,22). The van der Waals surface area contributed by atoms with E-state index in [0.29, 0.717) is 12.8 Å². The normalized spacial score (nSPS) is 25.3. The first-order valence-corrected chi connectivity index (χ1v) is 7.95. The van der Waals surface area contributed by atoms with Crippen LogP contribution in [0, 0.1) is 0 Å². The Labute approximate surface area is 131 Å². The van der Waals surface area contributed by atoms with Crippen molar-refractivity contribution in [3.05, 3.63) is 35.9 Å². The number of likely N-dealkylation sites (tertiary alicyclic amines) is 1. The molecular weight excluding hydrogens is 280 g/mol. The van der Waals surface area contributed by atoms with Crippen molar-refractivity contribution in [3.63, 3.8) is 0 Å². The second kappa shape index (κ2) is 8.27. The van der Waals surface area contributed by atoms with E-state index in [1.165, 1.54) is 5.56 Å². The van der Waals surface area contributed by atoms with E-state index in [0.717, 1.165) is 19.4 Å². The number of nitrogens with zero attached hydrogens (tertiary/aromatic N) is 1. The van der Waals surface area contributed by atoms with Crippen LogP contribution in [0.25, 0.3) is 0 Å². The Kier molecular flexibility index (Phi) is 6.36. The third kappa shape index (κ3) is 4.29. The number of amides is 1. The van der Waals surface area contributed by atoms with E-state index in [9.17, 15) is 15.0 Å². The summed E-state index contributed by atoms with van der Waals surface area (Å²) in [6.45, 7) is 0.704. The van der Waals surface area contributed by atoms with Gasteiger partial charge in [-0.1, -0.05) is 30.3 Å². The maximum atomic E-state index is 11.6. The number of benzene rings is 1. The Bertz CT molecular complexity index is 466. The zero-order chi connectivity index (χ0) is 15.9. The van der Waals surface area contributed by atoms with E-state index in [1.54, 1.807) is 7.05 Å². The summed E-state index contributed by atoms with van der Waals surface area (Å²) in [6.07, 6.45) is 2.26. The van der Waals surface area contributed by atoms with Crippen molar-refractivity contribution >= 4 is 5.91 Å². The molecule has 3 unspecified atom stereocenters. The van der Waals surface area contributed by atoms with Gasteiger partial charge in [0.25, 0.3) is 0 Å². The molecule has 5 heteroatoms. The van der Waals surface area contributed by atoms with Gasteiger partial charge in [-0.05, 0) is 31.4 Å². The van der Waals surface area contributed by atoms with Crippen LogP contribution < -0.4 is 5.32 Å². The van der Waals surface area contributed by atoms with Crippen LogP contribution in [0.3, 0.4) is 0 Å². The first kappa shape index (κ1) is 16.9. The molecule has 0 aliphatic carbocycles. The van der Waals surface area contributed by atoms with Crippen molar-refractivity contribution in [3.8, 4) is 0 Å². The van der Waals surface area contributed by atoms with Gasteiger partial charge >= 0.3 is 0 Å². The highest BCUT2D eigenvalue weighted by Gasteiger charge is 2.40. The minimum absolute atomic E-state index is 0.00266. The lowest BCUT2D eigenvalue weighted by molar-refractivity contribution is -0.121. The van der Waals surface area contributed by atoms with Gasteiger partial charge in [0, 0.05) is 19.5 Å². The average molecular weight is 306 g/mol. The minimum atomic E-state index is -0.559. The molecule has 3 N–H and O–H groups in total. The molecule has 1 aromatic rings. The average Bonchev–Trinajstić information content (AvgIpc) is 2.83. The summed E-state index contributed by atoms with van der Waals surface area (Å²) in [6, 6.07) is 10.0. The quantitative estimate of drug-likeness (QED) is 0.688. The van der Waals surface area contributed by atoms with Gasteiger partial charge in [0.15, 0.2) is 0 Å². The van der Waals surface area contributed by atoms with Crippen LogP contribution in [0.1, 0.15) is 24.8 Å². The van der Waals surface area contributed by atoms with E-state index in [2.05, 4.69) is 22.3 Å². The molecule has 2 rings (SSSR count). The number of rotatable bonds is 7. The van der Waals surface area contributed by atoms with Gasteiger partial charge < -0.3 is 15.5 Å². The van der Waals surface area contributed by atoms with Crippen molar-refractivity contribution in [2.45, 2.75) is 43.9 Å². The number of carbonyl (C=O) groups excluding carboxylic acids is 1. The van der Waals surface area contributed by atoms with Gasteiger partial charge in [-0.15, -0.1) is 0 Å². The first-order valence-electron chi connectivity index (χ1n) is 7.95. The minimum Gasteiger partial charge on any atom is -0.395 e. The zero-order valence-corrected chi connectivity index (χ0v) is 13.1. The molecule has 0 saturated carbocycles. The number of aryl methyl sites for hydroxylation is 1. The lowest BCUT2D eigenvalue weighted by Gasteiger charge is -2.29. The molecule has 1 amide bonds. The van der Waals surface area contributed by atoms with Crippen molar-refractivity contribution in [2.75, 3.05) is 20.2 Å². The van der Waals surface area contributed by atoms with Crippen molar-refractivity contribution in [2.24, 2.45) is 0 Å². The van der Waals surface area contributed by atoms with Gasteiger partial charge in [0.2, 0.25) is 5.91 Å². The molecule has 1 aliphatic rings. The highest BCUT2D eigenvalue weighted by molar-refractivity contribution is 5.76. The second-order valence-electron chi connectivity index (χ2n) is 5.91. The molecule has 1 heterocycles. The molecule has 1 aliphatic heterocycles. The fourth-order valence-electron chi connectivity index (χ4n) is 3.27. The lowest BCUT2D eigenvalue weighted by atomic mass is 10.1. The largest absolute Gasteiger partial charge is 0.395 e. The number of carbonyl (C=O) groups is 1. The molecule has 0 spiro atoms. The summed E-state index contributed by atoms with van der Waals surface area (Å²) in [4.78, 5) is 13.7. The third-order valence-corrected chi connectivity index (χ3v) is 4.46. The summed E-state index contributed by atoms with van der Waals surface area (Å²) >= 11 is 0. The van der Waals surface area contributed by atoms with Gasteiger partial charge in [-0.2, -0.15) is 0 Å². The number of hydrogen-bond donors (Lipinski definition) is 3. The molecule has 0 radical (unpaired) electrons. The predicted octanol–water partition coefficient (Wildman–Crippen LogP) is 0.551. The summed E-state index contributed by atoms with van der Waals surface area (Å²) in [5, 5.41) is 22.3. The summed E-state index contributed by atoms with van der Waals surface area (Å²) < 4.78 is 0. The molecule has 5 nitrogen and oxygen atoms in total. The number of aliphatic hydroxyl groups is 2. The molecule has 0 aromatic heterocycles. The highest BCUT2D eigenvalue weighted by Crippen LogP contribution is 2.27. The first-order chi connectivity index (χ1) is 10.7. The maximum Gasteiger partial charge on any atom is 0.221 e. The van der Waals surface area contributed by atoms with Crippen LogP contribution >= 0.6 is 0 Å². The lowest BCUT2D eigenvalue weighted by Crippen LogP contribution is -2.43. The maximum absolute atomic E-state index is 11.6. The van der Waals surface area contributed by atoms with Gasteiger partial charge in [0.1, 0.15) is 0 Å². The summed E-state index contributed by atoms with van der Waals surface area (Å²) in [5.41, 5.74) is 1.28. The smallest absolute Gasteiger partial charge is 0.221 e. The molecule has 3 atom stereocenters. The van der Waals surface area contributed by atoms with Crippen LogP contribution in [0.15, 0.2) is 30.3 Å². The van der Waals surface area contributed by atoms with E-state index in [-0.39, 0.29) is 24.6 Å². The van der Waals surface area contributed by atoms with Crippen LogP contribution in [0.2, 0.25) is 0 Å². The molecule has 1 saturated heterocycles. The fraction of sp³-hybridized carbons (Fsp3) is 0.588. The van der Waals surface area contributed by atoms with E-state index in [4.69, 9.17) is 0 Å². The Morgan fingerprint density at radius 2 is 2.09 bits per heavy atom. The Hall–Kier alpha value is -1.43. The highest BCUT2D eigenvalue weighted by atomic mass is 16.3. The third-order valence-electron chi connectivity index (χ3n) is 4.46. The van der Waals surface area contributed by atoms with Gasteiger partial charge in [0.05, 0.1) is 18.8 Å². The van der Waals surface area contributed by atoms with Crippen molar-refractivity contribution in [1.29, 1.82) is 0 Å².